The Hall–Kier alpha value is -1.60. The molecule has 1 aliphatic rings. The number of hydrogen-bond donors (Lipinski definition) is 1. The molecule has 0 spiro atoms. The van der Waals surface area contributed by atoms with Crippen LogP contribution in [0.25, 0.3) is 0 Å². The lowest BCUT2D eigenvalue weighted by Crippen LogP contribution is -2.39. The van der Waals surface area contributed by atoms with Crippen LogP contribution in [0.4, 0.5) is 10.1 Å². The number of likely N-dealkylation sites (tertiary alicyclic amines) is 1. The van der Waals surface area contributed by atoms with Gasteiger partial charge in [-0.05, 0) is 38.4 Å². The predicted molar refractivity (Wildman–Crippen MR) is 74.6 cm³/mol. The molecule has 1 aromatic rings. The van der Waals surface area contributed by atoms with E-state index in [0.29, 0.717) is 17.2 Å². The fourth-order valence-electron chi connectivity index (χ4n) is 2.51. The highest BCUT2D eigenvalue weighted by atomic mass is 19.1. The van der Waals surface area contributed by atoms with Crippen molar-refractivity contribution in [2.24, 2.45) is 0 Å². The molecule has 0 amide bonds. The van der Waals surface area contributed by atoms with Crippen LogP contribution in [-0.2, 0) is 0 Å². The van der Waals surface area contributed by atoms with Crippen LogP contribution >= 0.6 is 0 Å². The minimum absolute atomic E-state index is 0.312. The maximum absolute atomic E-state index is 13.7. The van der Waals surface area contributed by atoms with Gasteiger partial charge in [0.1, 0.15) is 5.82 Å². The van der Waals surface area contributed by atoms with Crippen molar-refractivity contribution in [2.75, 3.05) is 25.0 Å². The van der Waals surface area contributed by atoms with Gasteiger partial charge in [0.25, 0.3) is 0 Å². The van der Waals surface area contributed by atoms with Crippen LogP contribution < -0.4 is 5.32 Å². The van der Waals surface area contributed by atoms with Crippen molar-refractivity contribution in [3.8, 4) is 6.07 Å². The molecule has 0 saturated carbocycles. The molecule has 1 aromatic carbocycles. The van der Waals surface area contributed by atoms with Crippen molar-refractivity contribution < 1.29 is 4.39 Å². The molecule has 102 valence electrons. The van der Waals surface area contributed by atoms with Crippen molar-refractivity contribution in [3.05, 3.63) is 29.1 Å². The lowest BCUT2D eigenvalue weighted by Gasteiger charge is -2.32. The number of hydrogen-bond acceptors (Lipinski definition) is 3. The van der Waals surface area contributed by atoms with Crippen LogP contribution in [0.3, 0.4) is 0 Å². The quantitative estimate of drug-likeness (QED) is 0.909. The lowest BCUT2D eigenvalue weighted by atomic mass is 10.0. The van der Waals surface area contributed by atoms with E-state index in [1.165, 1.54) is 6.07 Å². The zero-order valence-corrected chi connectivity index (χ0v) is 11.5. The van der Waals surface area contributed by atoms with Crippen molar-refractivity contribution in [1.82, 2.24) is 4.90 Å². The zero-order chi connectivity index (χ0) is 13.8. The molecular weight excluding hydrogens is 241 g/mol. The Kier molecular flexibility index (Phi) is 4.39. The van der Waals surface area contributed by atoms with Gasteiger partial charge in [0.05, 0.1) is 11.6 Å². The summed E-state index contributed by atoms with van der Waals surface area (Å²) in [7, 11) is 0. The Morgan fingerprint density at radius 1 is 1.42 bits per heavy atom. The molecule has 0 atom stereocenters. The summed E-state index contributed by atoms with van der Waals surface area (Å²) in [6, 6.07) is 5.40. The van der Waals surface area contributed by atoms with Gasteiger partial charge in [-0.2, -0.15) is 5.26 Å². The minimum atomic E-state index is -0.312. The molecule has 1 saturated heterocycles. The second-order valence-corrected chi connectivity index (χ2v) is 5.10. The van der Waals surface area contributed by atoms with Gasteiger partial charge in [0, 0.05) is 30.4 Å². The van der Waals surface area contributed by atoms with E-state index in [2.05, 4.69) is 17.1 Å². The number of halogens is 1. The van der Waals surface area contributed by atoms with Crippen LogP contribution in [0.5, 0.6) is 0 Å². The molecule has 0 bridgehead atoms. The Labute approximate surface area is 114 Å². The molecule has 1 fully saturated rings. The molecule has 1 aliphatic heterocycles. The summed E-state index contributed by atoms with van der Waals surface area (Å²) >= 11 is 0. The number of piperidine rings is 1. The molecule has 2 rings (SSSR count). The van der Waals surface area contributed by atoms with E-state index in [1.807, 2.05) is 6.07 Å². The van der Waals surface area contributed by atoms with Gasteiger partial charge in [0.2, 0.25) is 0 Å². The summed E-state index contributed by atoms with van der Waals surface area (Å²) in [5, 5.41) is 12.3. The predicted octanol–water partition coefficient (Wildman–Crippen LogP) is 2.90. The summed E-state index contributed by atoms with van der Waals surface area (Å²) in [6.45, 7) is 7.16. The summed E-state index contributed by atoms with van der Waals surface area (Å²) in [5.41, 5.74) is 1.72. The van der Waals surface area contributed by atoms with Crippen molar-refractivity contribution in [1.29, 1.82) is 5.26 Å². The first-order valence-electron chi connectivity index (χ1n) is 6.83. The SMILES string of the molecule is CCN1CCC(Nc2cc(C#N)cc(F)c2C)CC1. The Balaban J connectivity index is 2.07. The number of nitrogens with zero attached hydrogens (tertiary/aromatic N) is 2. The third kappa shape index (κ3) is 3.24. The normalized spacial score (nSPS) is 17.2. The van der Waals surface area contributed by atoms with Gasteiger partial charge in [0.15, 0.2) is 0 Å². The second-order valence-electron chi connectivity index (χ2n) is 5.10. The highest BCUT2D eigenvalue weighted by Crippen LogP contribution is 2.23. The van der Waals surface area contributed by atoms with Gasteiger partial charge in [-0.3, -0.25) is 0 Å². The Morgan fingerprint density at radius 2 is 2.11 bits per heavy atom. The van der Waals surface area contributed by atoms with Crippen LogP contribution in [0.15, 0.2) is 12.1 Å². The summed E-state index contributed by atoms with van der Waals surface area (Å²) < 4.78 is 13.7. The first kappa shape index (κ1) is 13.8. The van der Waals surface area contributed by atoms with Crippen LogP contribution in [0.2, 0.25) is 0 Å². The van der Waals surface area contributed by atoms with Crippen molar-refractivity contribution in [2.45, 2.75) is 32.7 Å². The van der Waals surface area contributed by atoms with E-state index in [0.717, 1.165) is 38.2 Å². The van der Waals surface area contributed by atoms with E-state index in [4.69, 9.17) is 5.26 Å². The topological polar surface area (TPSA) is 39.1 Å². The first-order chi connectivity index (χ1) is 9.13. The lowest BCUT2D eigenvalue weighted by molar-refractivity contribution is 0.229. The maximum atomic E-state index is 13.7. The number of benzene rings is 1. The van der Waals surface area contributed by atoms with E-state index in [1.54, 1.807) is 13.0 Å². The minimum Gasteiger partial charge on any atom is -0.382 e. The zero-order valence-electron chi connectivity index (χ0n) is 11.5. The third-order valence-electron chi connectivity index (χ3n) is 3.87. The van der Waals surface area contributed by atoms with Gasteiger partial charge in [-0.25, -0.2) is 4.39 Å². The average Bonchev–Trinajstić information content (AvgIpc) is 2.44. The first-order valence-corrected chi connectivity index (χ1v) is 6.83. The molecular formula is C15H20FN3. The third-order valence-corrected chi connectivity index (χ3v) is 3.87. The molecule has 19 heavy (non-hydrogen) atoms. The number of nitriles is 1. The van der Waals surface area contributed by atoms with Gasteiger partial charge < -0.3 is 10.2 Å². The highest BCUT2D eigenvalue weighted by Gasteiger charge is 2.19. The van der Waals surface area contributed by atoms with E-state index >= 15 is 0 Å². The van der Waals surface area contributed by atoms with Crippen molar-refractivity contribution in [3.63, 3.8) is 0 Å². The van der Waals surface area contributed by atoms with Crippen LogP contribution in [0.1, 0.15) is 30.9 Å². The Bertz CT molecular complexity index is 485. The molecule has 1 heterocycles. The fraction of sp³-hybridized carbons (Fsp3) is 0.533. The van der Waals surface area contributed by atoms with Crippen LogP contribution in [0, 0.1) is 24.1 Å². The van der Waals surface area contributed by atoms with Crippen molar-refractivity contribution >= 4 is 5.69 Å². The van der Waals surface area contributed by atoms with E-state index < -0.39 is 0 Å². The van der Waals surface area contributed by atoms with Gasteiger partial charge >= 0.3 is 0 Å². The smallest absolute Gasteiger partial charge is 0.129 e. The van der Waals surface area contributed by atoms with Gasteiger partial charge in [-0.1, -0.05) is 6.92 Å². The number of anilines is 1. The largest absolute Gasteiger partial charge is 0.382 e. The highest BCUT2D eigenvalue weighted by molar-refractivity contribution is 5.56. The summed E-state index contributed by atoms with van der Waals surface area (Å²) in [4.78, 5) is 2.41. The van der Waals surface area contributed by atoms with E-state index in [9.17, 15) is 4.39 Å². The number of rotatable bonds is 3. The molecule has 1 N–H and O–H groups in total. The fourth-order valence-corrected chi connectivity index (χ4v) is 2.51. The molecule has 0 unspecified atom stereocenters. The monoisotopic (exact) mass is 261 g/mol. The molecule has 0 aromatic heterocycles. The second kappa shape index (κ2) is 6.03. The van der Waals surface area contributed by atoms with Crippen LogP contribution in [-0.4, -0.2) is 30.6 Å². The Morgan fingerprint density at radius 3 is 2.68 bits per heavy atom. The summed E-state index contributed by atoms with van der Waals surface area (Å²) in [6.07, 6.45) is 2.12. The standard InChI is InChI=1S/C15H20FN3/c1-3-19-6-4-13(5-7-19)18-15-9-12(10-17)8-14(16)11(15)2/h8-9,13,18H,3-7H2,1-2H3. The van der Waals surface area contributed by atoms with E-state index in [-0.39, 0.29) is 5.82 Å². The molecule has 4 heteroatoms. The summed E-state index contributed by atoms with van der Waals surface area (Å²) in [5.74, 6) is -0.312. The maximum Gasteiger partial charge on any atom is 0.129 e. The average molecular weight is 261 g/mol. The molecule has 0 aliphatic carbocycles. The number of nitrogens with one attached hydrogen (secondary N) is 1. The molecule has 0 radical (unpaired) electrons. The molecule has 3 nitrogen and oxygen atoms in total. The van der Waals surface area contributed by atoms with Gasteiger partial charge in [-0.15, -0.1) is 0 Å².